The number of nitrogens with zero attached hydrogens (tertiary/aromatic N) is 1. The minimum absolute atomic E-state index is 0.177. The van der Waals surface area contributed by atoms with E-state index in [4.69, 9.17) is 10.9 Å². The number of benzene rings is 1. The van der Waals surface area contributed by atoms with Crippen LogP contribution >= 0.6 is 0 Å². The molecule has 1 aromatic rings. The third-order valence-electron chi connectivity index (χ3n) is 3.92. The molecule has 0 spiro atoms. The molecule has 0 bridgehead atoms. The van der Waals surface area contributed by atoms with E-state index in [0.29, 0.717) is 18.9 Å². The number of aliphatic hydroxyl groups excluding tert-OH is 1. The van der Waals surface area contributed by atoms with Crippen LogP contribution in [0.25, 0.3) is 0 Å². The number of rotatable bonds is 5. The maximum atomic E-state index is 11.2. The lowest BCUT2D eigenvalue weighted by Crippen LogP contribution is -2.34. The van der Waals surface area contributed by atoms with Gasteiger partial charge < -0.3 is 5.11 Å². The molecule has 1 amide bonds. The van der Waals surface area contributed by atoms with E-state index in [2.05, 4.69) is 22.5 Å². The molecule has 1 fully saturated rings. The van der Waals surface area contributed by atoms with Crippen molar-refractivity contribution in [3.05, 3.63) is 35.4 Å². The van der Waals surface area contributed by atoms with E-state index in [1.807, 2.05) is 12.1 Å². The molecule has 2 rings (SSSR count). The van der Waals surface area contributed by atoms with E-state index in [1.165, 1.54) is 5.56 Å². The van der Waals surface area contributed by atoms with Gasteiger partial charge in [-0.3, -0.25) is 15.1 Å². The molecule has 5 heteroatoms. The predicted octanol–water partition coefficient (Wildman–Crippen LogP) is 0.423. The molecule has 0 saturated carbocycles. The monoisotopic (exact) mass is 277 g/mol. The lowest BCUT2D eigenvalue weighted by Gasteiger charge is -2.31. The van der Waals surface area contributed by atoms with Crippen LogP contribution in [0.5, 0.6) is 0 Å². The number of carbonyl (C=O) groups is 1. The molecule has 20 heavy (non-hydrogen) atoms. The van der Waals surface area contributed by atoms with Gasteiger partial charge in [-0.05, 0) is 43.0 Å². The minimum atomic E-state index is -0.177. The molecule has 1 heterocycles. The van der Waals surface area contributed by atoms with Gasteiger partial charge in [0.1, 0.15) is 0 Å². The topological polar surface area (TPSA) is 78.6 Å². The lowest BCUT2D eigenvalue weighted by molar-refractivity contribution is -0.120. The third kappa shape index (κ3) is 4.30. The van der Waals surface area contributed by atoms with Gasteiger partial charge in [0.05, 0.1) is 6.42 Å². The van der Waals surface area contributed by atoms with E-state index in [-0.39, 0.29) is 5.91 Å². The summed E-state index contributed by atoms with van der Waals surface area (Å²) < 4.78 is 0. The Morgan fingerprint density at radius 2 is 1.85 bits per heavy atom. The smallest absolute Gasteiger partial charge is 0.238 e. The fraction of sp³-hybridized carbons (Fsp3) is 0.533. The molecule has 1 aliphatic rings. The van der Waals surface area contributed by atoms with Gasteiger partial charge in [0.15, 0.2) is 0 Å². The van der Waals surface area contributed by atoms with Crippen LogP contribution in [0.2, 0.25) is 0 Å². The first kappa shape index (κ1) is 15.0. The molecule has 0 unspecified atom stereocenters. The van der Waals surface area contributed by atoms with Gasteiger partial charge in [-0.25, -0.2) is 5.84 Å². The SMILES string of the molecule is NNC(=O)Cc1ccc(CN2CCC(CO)CC2)cc1. The van der Waals surface area contributed by atoms with Gasteiger partial charge >= 0.3 is 0 Å². The van der Waals surface area contributed by atoms with Crippen LogP contribution < -0.4 is 11.3 Å². The fourth-order valence-corrected chi connectivity index (χ4v) is 2.58. The second-order valence-corrected chi connectivity index (χ2v) is 5.46. The van der Waals surface area contributed by atoms with Crippen LogP contribution in [-0.2, 0) is 17.8 Å². The van der Waals surface area contributed by atoms with E-state index in [1.54, 1.807) is 0 Å². The number of piperidine rings is 1. The van der Waals surface area contributed by atoms with Crippen molar-refractivity contribution in [2.24, 2.45) is 11.8 Å². The number of nitrogens with two attached hydrogens (primary N) is 1. The molecule has 1 aromatic carbocycles. The van der Waals surface area contributed by atoms with Crippen molar-refractivity contribution < 1.29 is 9.90 Å². The first-order chi connectivity index (χ1) is 9.71. The summed E-state index contributed by atoms with van der Waals surface area (Å²) in [4.78, 5) is 13.6. The zero-order valence-corrected chi connectivity index (χ0v) is 11.7. The van der Waals surface area contributed by atoms with Crippen LogP contribution in [0.4, 0.5) is 0 Å². The molecule has 0 radical (unpaired) electrons. The minimum Gasteiger partial charge on any atom is -0.396 e. The summed E-state index contributed by atoms with van der Waals surface area (Å²) in [6, 6.07) is 8.09. The van der Waals surface area contributed by atoms with Gasteiger partial charge in [-0.1, -0.05) is 24.3 Å². The van der Waals surface area contributed by atoms with Gasteiger partial charge in [0.25, 0.3) is 0 Å². The maximum absolute atomic E-state index is 11.2. The highest BCUT2D eigenvalue weighted by atomic mass is 16.3. The molecule has 110 valence electrons. The van der Waals surface area contributed by atoms with Crippen molar-refractivity contribution >= 4 is 5.91 Å². The van der Waals surface area contributed by atoms with Crippen LogP contribution in [0.1, 0.15) is 24.0 Å². The van der Waals surface area contributed by atoms with Crippen molar-refractivity contribution in [1.82, 2.24) is 10.3 Å². The maximum Gasteiger partial charge on any atom is 0.238 e. The predicted molar refractivity (Wildman–Crippen MR) is 77.6 cm³/mol. The number of hydrogen-bond donors (Lipinski definition) is 3. The number of carbonyl (C=O) groups excluding carboxylic acids is 1. The lowest BCUT2D eigenvalue weighted by atomic mass is 9.97. The van der Waals surface area contributed by atoms with Crippen LogP contribution in [0, 0.1) is 5.92 Å². The Kier molecular flexibility index (Phi) is 5.52. The van der Waals surface area contributed by atoms with Crippen molar-refractivity contribution in [3.8, 4) is 0 Å². The van der Waals surface area contributed by atoms with Gasteiger partial charge in [-0.2, -0.15) is 0 Å². The van der Waals surface area contributed by atoms with E-state index < -0.39 is 0 Å². The molecule has 0 aliphatic carbocycles. The highest BCUT2D eigenvalue weighted by Crippen LogP contribution is 2.18. The second-order valence-electron chi connectivity index (χ2n) is 5.46. The summed E-state index contributed by atoms with van der Waals surface area (Å²) in [5.74, 6) is 5.37. The first-order valence-electron chi connectivity index (χ1n) is 7.11. The average molecular weight is 277 g/mol. The van der Waals surface area contributed by atoms with Gasteiger partial charge in [-0.15, -0.1) is 0 Å². The molecule has 0 aromatic heterocycles. The van der Waals surface area contributed by atoms with Crippen molar-refractivity contribution in [2.75, 3.05) is 19.7 Å². The van der Waals surface area contributed by atoms with Gasteiger partial charge in [0.2, 0.25) is 5.91 Å². The summed E-state index contributed by atoms with van der Waals surface area (Å²) in [7, 11) is 0. The highest BCUT2D eigenvalue weighted by Gasteiger charge is 2.18. The molecule has 1 saturated heterocycles. The molecule has 5 nitrogen and oxygen atoms in total. The number of likely N-dealkylation sites (tertiary alicyclic amines) is 1. The standard InChI is InChI=1S/C15H23N3O2/c16-17-15(20)9-12-1-3-13(4-2-12)10-18-7-5-14(11-19)6-8-18/h1-4,14,19H,5-11,16H2,(H,17,20). The molecule has 0 atom stereocenters. The Bertz CT molecular complexity index is 425. The van der Waals surface area contributed by atoms with E-state index in [0.717, 1.165) is 38.0 Å². The second kappa shape index (κ2) is 7.38. The third-order valence-corrected chi connectivity index (χ3v) is 3.92. The van der Waals surface area contributed by atoms with Crippen molar-refractivity contribution in [3.63, 3.8) is 0 Å². The summed E-state index contributed by atoms with van der Waals surface area (Å²) in [6.07, 6.45) is 2.47. The van der Waals surface area contributed by atoms with Crippen LogP contribution in [0.15, 0.2) is 24.3 Å². The number of hydrazine groups is 1. The zero-order valence-electron chi connectivity index (χ0n) is 11.7. The Morgan fingerprint density at radius 3 is 2.40 bits per heavy atom. The molecular weight excluding hydrogens is 254 g/mol. The Labute approximate surface area is 119 Å². The van der Waals surface area contributed by atoms with Crippen LogP contribution in [0.3, 0.4) is 0 Å². The van der Waals surface area contributed by atoms with Crippen molar-refractivity contribution in [2.45, 2.75) is 25.8 Å². The fourth-order valence-electron chi connectivity index (χ4n) is 2.58. The summed E-state index contributed by atoms with van der Waals surface area (Å²) in [5, 5.41) is 9.13. The van der Waals surface area contributed by atoms with Gasteiger partial charge in [0, 0.05) is 13.2 Å². The van der Waals surface area contributed by atoms with E-state index >= 15 is 0 Å². The van der Waals surface area contributed by atoms with Crippen LogP contribution in [-0.4, -0.2) is 35.6 Å². The quantitative estimate of drug-likeness (QED) is 0.414. The largest absolute Gasteiger partial charge is 0.396 e. The Morgan fingerprint density at radius 1 is 1.25 bits per heavy atom. The number of aliphatic hydroxyl groups is 1. The molecule has 4 N–H and O–H groups in total. The molecule has 1 aliphatic heterocycles. The summed E-state index contributed by atoms with van der Waals surface area (Å²) in [5.41, 5.74) is 4.36. The van der Waals surface area contributed by atoms with E-state index in [9.17, 15) is 4.79 Å². The molecular formula is C15H23N3O2. The zero-order chi connectivity index (χ0) is 14.4. The van der Waals surface area contributed by atoms with Crippen molar-refractivity contribution in [1.29, 1.82) is 0 Å². The normalized spacial score (nSPS) is 17.1. The number of hydrogen-bond acceptors (Lipinski definition) is 4. The first-order valence-corrected chi connectivity index (χ1v) is 7.11. The average Bonchev–Trinajstić information content (AvgIpc) is 2.50. The summed E-state index contributed by atoms with van der Waals surface area (Å²) >= 11 is 0. The summed E-state index contributed by atoms with van der Waals surface area (Å²) in [6.45, 7) is 3.33. The highest BCUT2D eigenvalue weighted by molar-refractivity contribution is 5.77. The Balaban J connectivity index is 1.83. The Hall–Kier alpha value is -1.43. The number of amides is 1. The number of nitrogens with one attached hydrogen (secondary N) is 1.